The highest BCUT2D eigenvalue weighted by Crippen LogP contribution is 2.12. The van der Waals surface area contributed by atoms with Gasteiger partial charge in [-0.15, -0.1) is 11.8 Å². The van der Waals surface area contributed by atoms with E-state index >= 15 is 0 Å². The van der Waals surface area contributed by atoms with Crippen LogP contribution in [0.1, 0.15) is 6.92 Å². The van der Waals surface area contributed by atoms with Crippen molar-refractivity contribution in [3.63, 3.8) is 0 Å². The zero-order chi connectivity index (χ0) is 12.0. The lowest BCUT2D eigenvalue weighted by molar-refractivity contribution is 0.160. The van der Waals surface area contributed by atoms with Crippen molar-refractivity contribution in [1.82, 2.24) is 0 Å². The third kappa shape index (κ3) is 3.58. The number of benzene rings is 1. The summed E-state index contributed by atoms with van der Waals surface area (Å²) in [6, 6.07) is 9.25. The molecular weight excluding hydrogens is 224 g/mol. The van der Waals surface area contributed by atoms with Crippen molar-refractivity contribution in [2.24, 2.45) is 5.16 Å². The van der Waals surface area contributed by atoms with Crippen LogP contribution < -0.4 is 4.90 Å². The Hall–Kier alpha value is -1.49. The van der Waals surface area contributed by atoms with Crippen molar-refractivity contribution < 1.29 is 9.63 Å². The molecule has 0 spiro atoms. The maximum absolute atomic E-state index is 11.6. The predicted octanol–water partition coefficient (Wildman–Crippen LogP) is 2.96. The highest BCUT2D eigenvalue weighted by molar-refractivity contribution is 8.13. The molecule has 0 heterocycles. The van der Waals surface area contributed by atoms with E-state index in [2.05, 4.69) is 5.16 Å². The van der Waals surface area contributed by atoms with Gasteiger partial charge in [0.1, 0.15) is 5.04 Å². The Morgan fingerprint density at radius 2 is 2.00 bits per heavy atom. The number of rotatable bonds is 2. The number of carbonyl (C=O) groups is 1. The maximum atomic E-state index is 11.6. The smallest absolute Gasteiger partial charge is 0.297 e. The zero-order valence-corrected chi connectivity index (χ0v) is 10.3. The molecule has 0 aliphatic rings. The molecule has 0 unspecified atom stereocenters. The van der Waals surface area contributed by atoms with Crippen molar-refractivity contribution in [2.45, 2.75) is 6.92 Å². The molecular formula is C11H14N2O2S. The van der Waals surface area contributed by atoms with Gasteiger partial charge in [-0.2, -0.15) is 0 Å². The molecule has 0 radical (unpaired) electrons. The van der Waals surface area contributed by atoms with Crippen molar-refractivity contribution in [3.05, 3.63) is 30.3 Å². The molecule has 0 aliphatic carbocycles. The standard InChI is InChI=1S/C11H14N2O2S/c1-9(16-3)12-15-11(14)13(2)10-7-5-4-6-8-10/h4-8H,1-3H3/b12-9+. The summed E-state index contributed by atoms with van der Waals surface area (Å²) in [7, 11) is 1.64. The number of hydrogen-bond donors (Lipinski definition) is 0. The van der Waals surface area contributed by atoms with E-state index in [4.69, 9.17) is 4.84 Å². The number of amides is 1. The van der Waals surface area contributed by atoms with E-state index < -0.39 is 6.09 Å². The fourth-order valence-electron chi connectivity index (χ4n) is 0.959. The van der Waals surface area contributed by atoms with E-state index in [1.807, 2.05) is 36.6 Å². The Balaban J connectivity index is 2.62. The Bertz CT molecular complexity index is 379. The molecule has 0 aliphatic heterocycles. The molecule has 0 aromatic heterocycles. The molecule has 1 rings (SSSR count). The summed E-state index contributed by atoms with van der Waals surface area (Å²) in [5, 5.41) is 4.38. The van der Waals surface area contributed by atoms with E-state index in [0.29, 0.717) is 5.04 Å². The summed E-state index contributed by atoms with van der Waals surface area (Å²) in [5.41, 5.74) is 0.768. The second-order valence-corrected chi connectivity index (χ2v) is 4.07. The lowest BCUT2D eigenvalue weighted by Crippen LogP contribution is -2.25. The van der Waals surface area contributed by atoms with Gasteiger partial charge in [0.05, 0.1) is 0 Å². The Kier molecular flexibility index (Phi) is 4.85. The summed E-state index contributed by atoms with van der Waals surface area (Å²) in [6.45, 7) is 1.78. The first-order chi connectivity index (χ1) is 7.65. The van der Waals surface area contributed by atoms with Crippen molar-refractivity contribution in [3.8, 4) is 0 Å². The molecule has 86 valence electrons. The van der Waals surface area contributed by atoms with E-state index in [1.165, 1.54) is 16.7 Å². The SMILES string of the molecule is CS/C(C)=N/OC(=O)N(C)c1ccccc1. The van der Waals surface area contributed by atoms with E-state index in [1.54, 1.807) is 14.0 Å². The first kappa shape index (κ1) is 12.6. The van der Waals surface area contributed by atoms with E-state index in [-0.39, 0.29) is 0 Å². The van der Waals surface area contributed by atoms with Crippen molar-refractivity contribution in [2.75, 3.05) is 18.2 Å². The first-order valence-electron chi connectivity index (χ1n) is 4.73. The van der Waals surface area contributed by atoms with Crippen LogP contribution in [-0.2, 0) is 4.84 Å². The number of oxime groups is 1. The fourth-order valence-corrected chi connectivity index (χ4v) is 1.07. The largest absolute Gasteiger partial charge is 0.440 e. The average molecular weight is 238 g/mol. The van der Waals surface area contributed by atoms with Gasteiger partial charge in [0.25, 0.3) is 0 Å². The van der Waals surface area contributed by atoms with Gasteiger partial charge < -0.3 is 0 Å². The molecule has 1 amide bonds. The summed E-state index contributed by atoms with van der Waals surface area (Å²) < 4.78 is 0. The lowest BCUT2D eigenvalue weighted by atomic mass is 10.3. The summed E-state index contributed by atoms with van der Waals surface area (Å²) >= 11 is 1.43. The minimum Gasteiger partial charge on any atom is -0.297 e. The second kappa shape index (κ2) is 6.17. The van der Waals surface area contributed by atoms with Gasteiger partial charge in [-0.25, -0.2) is 4.79 Å². The molecule has 0 N–H and O–H groups in total. The van der Waals surface area contributed by atoms with Gasteiger partial charge in [0.2, 0.25) is 0 Å². The van der Waals surface area contributed by atoms with Crippen LogP contribution in [0.4, 0.5) is 10.5 Å². The molecule has 1 aromatic rings. The van der Waals surface area contributed by atoms with Crippen LogP contribution >= 0.6 is 11.8 Å². The lowest BCUT2D eigenvalue weighted by Gasteiger charge is -2.14. The van der Waals surface area contributed by atoms with Gasteiger partial charge in [-0.1, -0.05) is 23.4 Å². The van der Waals surface area contributed by atoms with Crippen LogP contribution in [-0.4, -0.2) is 24.4 Å². The van der Waals surface area contributed by atoms with Crippen molar-refractivity contribution >= 4 is 28.6 Å². The van der Waals surface area contributed by atoms with Gasteiger partial charge in [-0.3, -0.25) is 9.74 Å². The van der Waals surface area contributed by atoms with Crippen LogP contribution in [0.2, 0.25) is 0 Å². The van der Waals surface area contributed by atoms with E-state index in [9.17, 15) is 4.79 Å². The van der Waals surface area contributed by atoms with Gasteiger partial charge in [0, 0.05) is 12.7 Å². The highest BCUT2D eigenvalue weighted by atomic mass is 32.2. The monoisotopic (exact) mass is 238 g/mol. The normalized spacial score (nSPS) is 11.1. The Morgan fingerprint density at radius 1 is 1.38 bits per heavy atom. The van der Waals surface area contributed by atoms with Crippen LogP contribution in [0.3, 0.4) is 0 Å². The zero-order valence-electron chi connectivity index (χ0n) is 9.51. The molecule has 4 nitrogen and oxygen atoms in total. The van der Waals surface area contributed by atoms with Crippen LogP contribution in [0.15, 0.2) is 35.5 Å². The van der Waals surface area contributed by atoms with Crippen LogP contribution in [0.25, 0.3) is 0 Å². The Labute approximate surface area is 99.3 Å². The van der Waals surface area contributed by atoms with Crippen LogP contribution in [0.5, 0.6) is 0 Å². The maximum Gasteiger partial charge on any atom is 0.440 e. The third-order valence-corrected chi connectivity index (χ3v) is 2.63. The molecule has 0 bridgehead atoms. The van der Waals surface area contributed by atoms with Gasteiger partial charge >= 0.3 is 6.09 Å². The molecule has 0 fully saturated rings. The molecule has 0 atom stereocenters. The fraction of sp³-hybridized carbons (Fsp3) is 0.273. The molecule has 16 heavy (non-hydrogen) atoms. The van der Waals surface area contributed by atoms with Crippen molar-refractivity contribution in [1.29, 1.82) is 0 Å². The number of thioether (sulfide) groups is 1. The summed E-state index contributed by atoms with van der Waals surface area (Å²) in [5.74, 6) is 0. The minimum absolute atomic E-state index is 0.500. The average Bonchev–Trinajstić information content (AvgIpc) is 2.35. The predicted molar refractivity (Wildman–Crippen MR) is 68.0 cm³/mol. The number of para-hydroxylation sites is 1. The Morgan fingerprint density at radius 3 is 2.56 bits per heavy atom. The van der Waals surface area contributed by atoms with Gasteiger partial charge in [0.15, 0.2) is 0 Å². The van der Waals surface area contributed by atoms with E-state index in [0.717, 1.165) is 5.69 Å². The number of nitrogens with zero attached hydrogens (tertiary/aromatic N) is 2. The summed E-state index contributed by atoms with van der Waals surface area (Å²) in [6.07, 6.45) is 1.37. The molecule has 0 saturated heterocycles. The summed E-state index contributed by atoms with van der Waals surface area (Å²) in [4.78, 5) is 17.7. The number of carbonyl (C=O) groups excluding carboxylic acids is 1. The number of anilines is 1. The highest BCUT2D eigenvalue weighted by Gasteiger charge is 2.11. The van der Waals surface area contributed by atoms with Crippen LogP contribution in [0, 0.1) is 0 Å². The minimum atomic E-state index is -0.500. The quantitative estimate of drug-likeness (QED) is 0.344. The molecule has 5 heteroatoms. The molecule has 1 aromatic carbocycles. The number of hydrogen-bond acceptors (Lipinski definition) is 4. The first-order valence-corrected chi connectivity index (χ1v) is 5.96. The topological polar surface area (TPSA) is 41.9 Å². The third-order valence-electron chi connectivity index (χ3n) is 1.97. The van der Waals surface area contributed by atoms with Gasteiger partial charge in [-0.05, 0) is 25.3 Å². The molecule has 0 saturated carbocycles. The second-order valence-electron chi connectivity index (χ2n) is 3.07.